The van der Waals surface area contributed by atoms with Crippen molar-refractivity contribution in [2.45, 2.75) is 6.42 Å². The smallest absolute Gasteiger partial charge is 0.166 e. The van der Waals surface area contributed by atoms with E-state index in [1.807, 2.05) is 0 Å². The SMILES string of the molecule is O=C1CC=CC=C1/C=C/[CH]F. The van der Waals surface area contributed by atoms with Crippen LogP contribution in [0.15, 0.2) is 36.0 Å². The van der Waals surface area contributed by atoms with Gasteiger partial charge in [0.1, 0.15) is 0 Å². The summed E-state index contributed by atoms with van der Waals surface area (Å²) in [5, 5.41) is 0. The van der Waals surface area contributed by atoms with E-state index in [0.717, 1.165) is 0 Å². The summed E-state index contributed by atoms with van der Waals surface area (Å²) in [5.41, 5.74) is 0.557. The predicted octanol–water partition coefficient (Wildman–Crippen LogP) is 2.13. The summed E-state index contributed by atoms with van der Waals surface area (Å²) in [4.78, 5) is 11.0. The van der Waals surface area contributed by atoms with Crippen molar-refractivity contribution >= 4 is 5.78 Å². The second-order valence-corrected chi connectivity index (χ2v) is 2.16. The van der Waals surface area contributed by atoms with E-state index >= 15 is 0 Å². The molecule has 0 aromatic heterocycles. The molecular weight excluding hydrogens is 143 g/mol. The number of ketones is 1. The van der Waals surface area contributed by atoms with Gasteiger partial charge in [0.25, 0.3) is 0 Å². The first-order valence-electron chi connectivity index (χ1n) is 3.34. The van der Waals surface area contributed by atoms with Crippen LogP contribution in [0.2, 0.25) is 0 Å². The van der Waals surface area contributed by atoms with Gasteiger partial charge in [-0.3, -0.25) is 4.79 Å². The van der Waals surface area contributed by atoms with Crippen molar-refractivity contribution in [1.29, 1.82) is 0 Å². The largest absolute Gasteiger partial charge is 0.294 e. The lowest BCUT2D eigenvalue weighted by molar-refractivity contribution is -0.114. The highest BCUT2D eigenvalue weighted by molar-refractivity contribution is 6.00. The second kappa shape index (κ2) is 3.86. The van der Waals surface area contributed by atoms with Gasteiger partial charge >= 0.3 is 0 Å². The van der Waals surface area contributed by atoms with Crippen molar-refractivity contribution in [2.24, 2.45) is 0 Å². The molecule has 0 N–H and O–H groups in total. The van der Waals surface area contributed by atoms with E-state index in [4.69, 9.17) is 0 Å². The molecule has 0 spiro atoms. The number of carbonyl (C=O) groups is 1. The highest BCUT2D eigenvalue weighted by Gasteiger charge is 2.05. The molecule has 0 saturated heterocycles. The van der Waals surface area contributed by atoms with Gasteiger partial charge in [0.05, 0.1) is 0 Å². The van der Waals surface area contributed by atoms with Gasteiger partial charge in [0.15, 0.2) is 12.5 Å². The van der Waals surface area contributed by atoms with Crippen LogP contribution in [0.1, 0.15) is 6.42 Å². The zero-order valence-corrected chi connectivity index (χ0v) is 5.96. The van der Waals surface area contributed by atoms with Crippen molar-refractivity contribution in [1.82, 2.24) is 0 Å². The lowest BCUT2D eigenvalue weighted by Gasteiger charge is -2.00. The zero-order chi connectivity index (χ0) is 8.10. The maximum Gasteiger partial charge on any atom is 0.166 e. The van der Waals surface area contributed by atoms with Crippen molar-refractivity contribution in [3.63, 3.8) is 0 Å². The molecule has 1 nitrogen and oxygen atoms in total. The third kappa shape index (κ3) is 2.15. The summed E-state index contributed by atoms with van der Waals surface area (Å²) < 4.78 is 11.5. The number of carbonyl (C=O) groups excluding carboxylic acids is 1. The van der Waals surface area contributed by atoms with Gasteiger partial charge in [0, 0.05) is 12.0 Å². The van der Waals surface area contributed by atoms with Crippen LogP contribution in [0.3, 0.4) is 0 Å². The van der Waals surface area contributed by atoms with E-state index in [1.54, 1.807) is 18.2 Å². The average molecular weight is 151 g/mol. The van der Waals surface area contributed by atoms with Gasteiger partial charge < -0.3 is 0 Å². The molecule has 0 amide bonds. The molecule has 0 aromatic rings. The minimum atomic E-state index is 0.0330. The lowest BCUT2D eigenvalue weighted by atomic mass is 10.0. The molecule has 57 valence electrons. The topological polar surface area (TPSA) is 17.1 Å². The van der Waals surface area contributed by atoms with Gasteiger partial charge in [-0.05, 0) is 6.08 Å². The molecule has 1 radical (unpaired) electrons. The third-order valence-electron chi connectivity index (χ3n) is 1.39. The molecule has 0 saturated carbocycles. The predicted molar refractivity (Wildman–Crippen MR) is 41.4 cm³/mol. The van der Waals surface area contributed by atoms with Gasteiger partial charge in [0.2, 0.25) is 0 Å². The Morgan fingerprint density at radius 2 is 2.36 bits per heavy atom. The van der Waals surface area contributed by atoms with Crippen LogP contribution in [0.25, 0.3) is 0 Å². The zero-order valence-electron chi connectivity index (χ0n) is 5.96. The van der Waals surface area contributed by atoms with Crippen LogP contribution in [0, 0.1) is 6.67 Å². The maximum atomic E-state index is 11.5. The van der Waals surface area contributed by atoms with Crippen LogP contribution in [0.5, 0.6) is 0 Å². The van der Waals surface area contributed by atoms with E-state index < -0.39 is 0 Å². The Kier molecular flexibility index (Phi) is 2.78. The molecule has 0 bridgehead atoms. The maximum absolute atomic E-state index is 11.5. The molecule has 1 aliphatic rings. The molecule has 1 rings (SSSR count). The van der Waals surface area contributed by atoms with Gasteiger partial charge in [-0.1, -0.05) is 24.3 Å². The van der Waals surface area contributed by atoms with Crippen molar-refractivity contribution in [3.8, 4) is 0 Å². The molecule has 2 heteroatoms. The summed E-state index contributed by atoms with van der Waals surface area (Å²) in [7, 11) is 0. The fourth-order valence-electron chi connectivity index (χ4n) is 0.846. The van der Waals surface area contributed by atoms with Crippen LogP contribution in [0.4, 0.5) is 4.39 Å². The quantitative estimate of drug-likeness (QED) is 0.590. The van der Waals surface area contributed by atoms with Gasteiger partial charge in [-0.15, -0.1) is 0 Å². The van der Waals surface area contributed by atoms with E-state index in [-0.39, 0.29) is 5.78 Å². The monoisotopic (exact) mass is 151 g/mol. The highest BCUT2D eigenvalue weighted by atomic mass is 19.1. The number of hydrogen-bond acceptors (Lipinski definition) is 1. The third-order valence-corrected chi connectivity index (χ3v) is 1.39. The number of allylic oxidation sites excluding steroid dienone is 6. The highest BCUT2D eigenvalue weighted by Crippen LogP contribution is 2.09. The van der Waals surface area contributed by atoms with Crippen LogP contribution in [-0.4, -0.2) is 5.78 Å². The van der Waals surface area contributed by atoms with Crippen molar-refractivity contribution in [2.75, 3.05) is 0 Å². The molecule has 11 heavy (non-hydrogen) atoms. The molecule has 0 aliphatic heterocycles. The summed E-state index contributed by atoms with van der Waals surface area (Å²) in [6, 6.07) is 0. The minimum Gasteiger partial charge on any atom is -0.294 e. The Morgan fingerprint density at radius 1 is 1.55 bits per heavy atom. The van der Waals surface area contributed by atoms with E-state index in [0.29, 0.717) is 18.7 Å². The molecule has 1 aliphatic carbocycles. The molecule has 0 unspecified atom stereocenters. The van der Waals surface area contributed by atoms with Crippen LogP contribution in [-0.2, 0) is 4.79 Å². The Hall–Kier alpha value is -1.18. The van der Waals surface area contributed by atoms with E-state index in [2.05, 4.69) is 0 Å². The number of Topliss-reactive ketones (excluding diaryl/α,β-unsaturated/α-hetero) is 1. The minimum absolute atomic E-state index is 0.0330. The Balaban J connectivity index is 2.68. The Bertz CT molecular complexity index is 236. The van der Waals surface area contributed by atoms with E-state index in [9.17, 15) is 9.18 Å². The molecule has 0 atom stereocenters. The second-order valence-electron chi connectivity index (χ2n) is 2.16. The fourth-order valence-corrected chi connectivity index (χ4v) is 0.846. The number of hydrogen-bond donors (Lipinski definition) is 0. The molecular formula is C9H8FO. The number of rotatable bonds is 2. The molecule has 0 fully saturated rings. The molecule has 0 aromatic carbocycles. The lowest BCUT2D eigenvalue weighted by Crippen LogP contribution is -2.00. The average Bonchev–Trinajstić information content (AvgIpc) is 2.03. The Morgan fingerprint density at radius 3 is 3.00 bits per heavy atom. The van der Waals surface area contributed by atoms with Crippen LogP contribution >= 0.6 is 0 Å². The standard InChI is InChI=1S/C9H8FO/c10-7-3-5-8-4-1-2-6-9(8)11/h1-5,7H,6H2/b5-3+. The fraction of sp³-hybridized carbons (Fsp3) is 0.111. The Labute approximate surface area is 64.9 Å². The summed E-state index contributed by atoms with van der Waals surface area (Å²) in [5.74, 6) is 0.0330. The van der Waals surface area contributed by atoms with Crippen LogP contribution < -0.4 is 0 Å². The first kappa shape index (κ1) is 7.92. The number of halogens is 1. The van der Waals surface area contributed by atoms with Crippen molar-refractivity contribution < 1.29 is 9.18 Å². The van der Waals surface area contributed by atoms with Crippen molar-refractivity contribution in [3.05, 3.63) is 42.6 Å². The molecule has 0 heterocycles. The first-order chi connectivity index (χ1) is 5.34. The summed E-state index contributed by atoms with van der Waals surface area (Å²) in [6.07, 6.45) is 8.33. The first-order valence-corrected chi connectivity index (χ1v) is 3.34. The van der Waals surface area contributed by atoms with Gasteiger partial charge in [-0.25, -0.2) is 4.39 Å². The normalized spacial score (nSPS) is 17.5. The summed E-state index contributed by atoms with van der Waals surface area (Å²) >= 11 is 0. The summed E-state index contributed by atoms with van der Waals surface area (Å²) in [6.45, 7) is 0.409. The van der Waals surface area contributed by atoms with E-state index in [1.165, 1.54) is 12.2 Å². The van der Waals surface area contributed by atoms with Gasteiger partial charge in [-0.2, -0.15) is 0 Å².